The Bertz CT molecular complexity index is 2320. The van der Waals surface area contributed by atoms with Crippen LogP contribution in [0.2, 0.25) is 0 Å². The van der Waals surface area contributed by atoms with Gasteiger partial charge in [-0.15, -0.1) is 11.3 Å². The summed E-state index contributed by atoms with van der Waals surface area (Å²) < 4.78 is 16.1. The SMILES string of the molecule is Cc1ncsc1-c1ccc([C@H](C)NC(=O)[C@@H]2C[C@@H](O)CN2C(=O)[C@@H](NC(=O)CN2CCN(c3ccc(-c4c[n+](-c5ccccc5F)cnc4N)cc3)CC2)C(C)(C)C)cc1. The normalized spacial score (nSPS) is 18.2. The maximum Gasteiger partial charge on any atom is 0.294 e. The number of halogens is 1. The van der Waals surface area contributed by atoms with Gasteiger partial charge in [-0.1, -0.05) is 69.3 Å². The molecule has 0 aliphatic carbocycles. The van der Waals surface area contributed by atoms with Crippen molar-refractivity contribution < 1.29 is 28.4 Å². The van der Waals surface area contributed by atoms with Crippen LogP contribution in [0, 0.1) is 18.2 Å². The number of nitrogen functional groups attached to an aromatic ring is 1. The number of carbonyl (C=O) groups is 3. The molecule has 4 heterocycles. The molecule has 0 bridgehead atoms. The number of hydrogen-bond acceptors (Lipinski definition) is 10. The van der Waals surface area contributed by atoms with E-state index in [1.807, 2.05) is 88.7 Å². The monoisotopic (exact) mass is 834 g/mol. The van der Waals surface area contributed by atoms with E-state index < -0.39 is 29.5 Å². The van der Waals surface area contributed by atoms with Gasteiger partial charge < -0.3 is 31.3 Å². The number of nitrogens with two attached hydrogens (primary N) is 1. The van der Waals surface area contributed by atoms with E-state index in [1.165, 1.54) is 17.3 Å². The average molecular weight is 835 g/mol. The molecule has 0 saturated carbocycles. The highest BCUT2D eigenvalue weighted by Gasteiger charge is 2.45. The molecule has 7 rings (SSSR count). The molecule has 15 heteroatoms. The molecule has 13 nitrogen and oxygen atoms in total. The topological polar surface area (TPSA) is 161 Å². The van der Waals surface area contributed by atoms with Crippen LogP contribution >= 0.6 is 11.3 Å². The van der Waals surface area contributed by atoms with Gasteiger partial charge in [0.15, 0.2) is 11.5 Å². The fourth-order valence-corrected chi connectivity index (χ4v) is 8.70. The van der Waals surface area contributed by atoms with Crippen molar-refractivity contribution in [1.29, 1.82) is 0 Å². The minimum absolute atomic E-state index is 0.00286. The Balaban J connectivity index is 0.932. The Morgan fingerprint density at radius 1 is 0.967 bits per heavy atom. The van der Waals surface area contributed by atoms with Crippen LogP contribution < -0.4 is 25.8 Å². The minimum Gasteiger partial charge on any atom is -0.391 e. The molecule has 60 heavy (non-hydrogen) atoms. The molecule has 314 valence electrons. The van der Waals surface area contributed by atoms with Crippen molar-refractivity contribution in [1.82, 2.24) is 30.4 Å². The number of aliphatic hydroxyl groups excluding tert-OH is 1. The van der Waals surface area contributed by atoms with Gasteiger partial charge >= 0.3 is 0 Å². The fraction of sp³-hybridized carbons (Fsp3) is 0.378. The van der Waals surface area contributed by atoms with Gasteiger partial charge in [-0.05, 0) is 65.2 Å². The number of piperazine rings is 1. The number of nitrogens with zero attached hydrogens (tertiary/aromatic N) is 6. The lowest BCUT2D eigenvalue weighted by Gasteiger charge is -2.37. The number of para-hydroxylation sites is 1. The number of anilines is 2. The zero-order chi connectivity index (χ0) is 42.7. The highest BCUT2D eigenvalue weighted by atomic mass is 32.1. The number of thiazole rings is 1. The third kappa shape index (κ3) is 9.48. The number of nitrogens with one attached hydrogen (secondary N) is 2. The molecule has 2 aliphatic rings. The Morgan fingerprint density at radius 2 is 1.65 bits per heavy atom. The fourth-order valence-electron chi connectivity index (χ4n) is 7.89. The zero-order valence-corrected chi connectivity index (χ0v) is 35.5. The van der Waals surface area contributed by atoms with E-state index in [-0.39, 0.29) is 43.2 Å². The molecule has 0 spiro atoms. The second-order valence-corrected chi connectivity index (χ2v) is 17.6. The van der Waals surface area contributed by atoms with Crippen molar-refractivity contribution in [3.8, 4) is 27.3 Å². The van der Waals surface area contributed by atoms with Crippen LogP contribution in [0.15, 0.2) is 90.8 Å². The lowest BCUT2D eigenvalue weighted by atomic mass is 9.85. The maximum atomic E-state index is 14.5. The van der Waals surface area contributed by atoms with Crippen molar-refractivity contribution in [3.63, 3.8) is 0 Å². The van der Waals surface area contributed by atoms with E-state index in [0.717, 1.165) is 32.9 Å². The smallest absolute Gasteiger partial charge is 0.294 e. The van der Waals surface area contributed by atoms with Crippen molar-refractivity contribution in [2.45, 2.75) is 65.3 Å². The van der Waals surface area contributed by atoms with Gasteiger partial charge in [-0.3, -0.25) is 19.3 Å². The molecule has 2 aliphatic heterocycles. The molecule has 0 radical (unpaired) electrons. The molecular formula is C45H53FN9O4S+. The standard InChI is InChI=1S/C45H52FN9O4S/c1-28(30-10-12-32(13-11-30)40-29(2)49-27-60-40)50-43(58)38-22-34(56)23-55(38)44(59)41(45(3,4)5)51-39(57)25-52-18-20-53(21-19-52)33-16-14-31(15-17-33)35-24-54(26-48-42(35)47)37-9-7-6-8-36(37)46/h6-17,24,26-28,34,38,41,47,56H,18-23,25H2,1-5H3,(H2,50,51,57,58)/p+1/t28-,34+,38-,41+/m0/s1. The van der Waals surface area contributed by atoms with Gasteiger partial charge in [-0.2, -0.15) is 4.57 Å². The zero-order valence-electron chi connectivity index (χ0n) is 34.6. The van der Waals surface area contributed by atoms with E-state index >= 15 is 0 Å². The molecular weight excluding hydrogens is 782 g/mol. The summed E-state index contributed by atoms with van der Waals surface area (Å²) in [6.45, 7) is 12.3. The van der Waals surface area contributed by atoms with E-state index in [0.29, 0.717) is 43.2 Å². The van der Waals surface area contributed by atoms with E-state index in [2.05, 4.69) is 30.4 Å². The summed E-state index contributed by atoms with van der Waals surface area (Å²) in [6, 6.07) is 20.3. The lowest BCUT2D eigenvalue weighted by Crippen LogP contribution is -2.59. The lowest BCUT2D eigenvalue weighted by molar-refractivity contribution is -0.600. The second kappa shape index (κ2) is 17.8. The number of benzene rings is 3. The van der Waals surface area contributed by atoms with Crippen LogP contribution in [0.1, 0.15) is 51.4 Å². The molecule has 3 amide bonds. The number of aliphatic hydroxyl groups is 1. The highest BCUT2D eigenvalue weighted by Crippen LogP contribution is 2.30. The Morgan fingerprint density at radius 3 is 2.30 bits per heavy atom. The van der Waals surface area contributed by atoms with Gasteiger partial charge in [0.1, 0.15) is 18.3 Å². The number of amides is 3. The predicted octanol–water partition coefficient (Wildman–Crippen LogP) is 4.67. The summed E-state index contributed by atoms with van der Waals surface area (Å²) in [5, 5.41) is 16.7. The first-order valence-corrected chi connectivity index (χ1v) is 21.1. The van der Waals surface area contributed by atoms with Crippen molar-refractivity contribution in [3.05, 3.63) is 108 Å². The van der Waals surface area contributed by atoms with Gasteiger partial charge in [0, 0.05) is 44.8 Å². The van der Waals surface area contributed by atoms with E-state index in [1.54, 1.807) is 40.3 Å². The van der Waals surface area contributed by atoms with Crippen LogP contribution in [0.5, 0.6) is 0 Å². The number of aryl methyl sites for hydroxylation is 1. The highest BCUT2D eigenvalue weighted by molar-refractivity contribution is 7.13. The molecule has 5 aromatic rings. The van der Waals surface area contributed by atoms with E-state index in [4.69, 9.17) is 5.73 Å². The van der Waals surface area contributed by atoms with Gasteiger partial charge in [0.2, 0.25) is 23.5 Å². The Kier molecular flexibility index (Phi) is 12.6. The molecule has 3 aromatic carbocycles. The summed E-state index contributed by atoms with van der Waals surface area (Å²) in [4.78, 5) is 56.9. The molecule has 2 saturated heterocycles. The quantitative estimate of drug-likeness (QED) is 0.139. The number of carbonyl (C=O) groups excluding carboxylic acids is 3. The van der Waals surface area contributed by atoms with Crippen molar-refractivity contribution >= 4 is 40.6 Å². The number of β-amino-alcohol motifs (C(OH)–C–C–N with tert-alkyl or cyclic N) is 1. The van der Waals surface area contributed by atoms with Crippen LogP contribution in [0.3, 0.4) is 0 Å². The molecule has 5 N–H and O–H groups in total. The molecule has 0 unspecified atom stereocenters. The van der Waals surface area contributed by atoms with Gasteiger partial charge in [0.05, 0.1) is 40.3 Å². The molecule has 2 fully saturated rings. The third-order valence-corrected chi connectivity index (χ3v) is 12.3. The van der Waals surface area contributed by atoms with Gasteiger partial charge in [0.25, 0.3) is 6.33 Å². The van der Waals surface area contributed by atoms with E-state index in [9.17, 15) is 23.9 Å². The first kappa shape index (κ1) is 42.4. The van der Waals surface area contributed by atoms with Crippen LogP contribution in [-0.2, 0) is 14.4 Å². The first-order chi connectivity index (χ1) is 28.7. The number of likely N-dealkylation sites (tertiary alicyclic amines) is 1. The van der Waals surface area contributed by atoms with Gasteiger partial charge in [-0.25, -0.2) is 9.37 Å². The van der Waals surface area contributed by atoms with Crippen molar-refractivity contribution in [2.24, 2.45) is 5.41 Å². The second-order valence-electron chi connectivity index (χ2n) is 16.7. The first-order valence-electron chi connectivity index (χ1n) is 20.2. The molecule has 2 aromatic heterocycles. The maximum absolute atomic E-state index is 14.5. The van der Waals surface area contributed by atoms with Crippen molar-refractivity contribution in [2.75, 3.05) is 49.9 Å². The van der Waals surface area contributed by atoms with Crippen LogP contribution in [0.25, 0.3) is 27.3 Å². The predicted molar refractivity (Wildman–Crippen MR) is 231 cm³/mol. The number of rotatable bonds is 11. The summed E-state index contributed by atoms with van der Waals surface area (Å²) in [7, 11) is 0. The number of aromatic nitrogens is 3. The third-order valence-electron chi connectivity index (χ3n) is 11.3. The van der Waals surface area contributed by atoms with Crippen LogP contribution in [-0.4, -0.2) is 100 Å². The largest absolute Gasteiger partial charge is 0.391 e. The Labute approximate surface area is 354 Å². The summed E-state index contributed by atoms with van der Waals surface area (Å²) >= 11 is 1.58. The minimum atomic E-state index is -0.916. The molecule has 4 atom stereocenters. The average Bonchev–Trinajstić information content (AvgIpc) is 3.85. The summed E-state index contributed by atoms with van der Waals surface area (Å²) in [5.41, 5.74) is 13.2. The summed E-state index contributed by atoms with van der Waals surface area (Å²) in [6.07, 6.45) is 2.52. The Hall–Kier alpha value is -5.77. The van der Waals surface area contributed by atoms with Crippen LogP contribution in [0.4, 0.5) is 15.9 Å². The number of hydrogen-bond donors (Lipinski definition) is 4. The summed E-state index contributed by atoms with van der Waals surface area (Å²) in [5.74, 6) is -1.05.